The molecule has 0 radical (unpaired) electrons. The maximum Gasteiger partial charge on any atom is 0.271 e. The molecule has 0 saturated heterocycles. The Balaban J connectivity index is 1.76. The van der Waals surface area contributed by atoms with Gasteiger partial charge in [0.25, 0.3) is 5.91 Å². The number of rotatable bonds is 4. The Bertz CT molecular complexity index is 760. The van der Waals surface area contributed by atoms with Crippen LogP contribution in [-0.4, -0.2) is 17.4 Å². The first-order valence-corrected chi connectivity index (χ1v) is 8.49. The molecule has 120 valence electrons. The van der Waals surface area contributed by atoms with Gasteiger partial charge in [-0.25, -0.2) is 4.98 Å². The lowest BCUT2D eigenvalue weighted by Gasteiger charge is -2.17. The van der Waals surface area contributed by atoms with Gasteiger partial charge in [-0.05, 0) is 18.4 Å². The van der Waals surface area contributed by atoms with E-state index >= 15 is 0 Å². The van der Waals surface area contributed by atoms with Gasteiger partial charge in [0.05, 0.1) is 15.1 Å². The lowest BCUT2D eigenvalue weighted by atomic mass is 9.96. The number of benzene rings is 1. The van der Waals surface area contributed by atoms with Crippen molar-refractivity contribution in [3.63, 3.8) is 0 Å². The largest absolute Gasteiger partial charge is 0.350 e. The maximum absolute atomic E-state index is 12.4. The van der Waals surface area contributed by atoms with Crippen LogP contribution in [0.15, 0.2) is 30.3 Å². The van der Waals surface area contributed by atoms with Gasteiger partial charge in [0.2, 0.25) is 0 Å². The number of pyridine rings is 1. The van der Waals surface area contributed by atoms with E-state index in [0.717, 1.165) is 12.8 Å². The monoisotopic (exact) mass is 388 g/mol. The number of hydrogen-bond acceptors (Lipinski definition) is 2. The molecule has 0 bridgehead atoms. The maximum atomic E-state index is 12.4. The van der Waals surface area contributed by atoms with E-state index in [1.807, 2.05) is 18.2 Å². The summed E-state index contributed by atoms with van der Waals surface area (Å²) in [5.74, 6) is -0.419. The van der Waals surface area contributed by atoms with Crippen molar-refractivity contribution < 1.29 is 4.79 Å². The molecule has 0 spiro atoms. The zero-order valence-electron chi connectivity index (χ0n) is 11.9. The first-order valence-electron chi connectivity index (χ1n) is 6.98. The van der Waals surface area contributed by atoms with Crippen LogP contribution in [0.3, 0.4) is 0 Å². The molecule has 1 aliphatic carbocycles. The zero-order valence-corrected chi connectivity index (χ0v) is 14.9. The van der Waals surface area contributed by atoms with E-state index in [-0.39, 0.29) is 31.3 Å². The SMILES string of the molecule is O=C(NCC1(c2ccccc2)CC1)c1nc(Cl)c(Cl)c(Cl)c1Cl. The smallest absolute Gasteiger partial charge is 0.271 e. The fourth-order valence-electron chi connectivity index (χ4n) is 2.48. The average molecular weight is 390 g/mol. The van der Waals surface area contributed by atoms with E-state index in [2.05, 4.69) is 22.4 Å². The van der Waals surface area contributed by atoms with Crippen LogP contribution in [-0.2, 0) is 5.41 Å². The average Bonchev–Trinajstić information content (AvgIpc) is 3.36. The van der Waals surface area contributed by atoms with Crippen LogP contribution in [0.5, 0.6) is 0 Å². The highest BCUT2D eigenvalue weighted by Crippen LogP contribution is 2.47. The predicted octanol–water partition coefficient (Wildman–Crippen LogP) is 5.16. The summed E-state index contributed by atoms with van der Waals surface area (Å²) in [6.07, 6.45) is 2.06. The van der Waals surface area contributed by atoms with Gasteiger partial charge in [-0.3, -0.25) is 4.79 Å². The molecule has 3 nitrogen and oxygen atoms in total. The molecule has 0 atom stereocenters. The Morgan fingerprint density at radius 1 is 1.04 bits per heavy atom. The highest BCUT2D eigenvalue weighted by atomic mass is 35.5. The van der Waals surface area contributed by atoms with Crippen molar-refractivity contribution in [3.8, 4) is 0 Å². The van der Waals surface area contributed by atoms with Crippen LogP contribution < -0.4 is 5.32 Å². The van der Waals surface area contributed by atoms with E-state index < -0.39 is 5.91 Å². The van der Waals surface area contributed by atoms with Gasteiger partial charge in [-0.2, -0.15) is 0 Å². The number of carbonyl (C=O) groups is 1. The number of hydrogen-bond donors (Lipinski definition) is 1. The molecule has 0 aliphatic heterocycles. The molecule has 3 rings (SSSR count). The number of nitrogens with one attached hydrogen (secondary N) is 1. The van der Waals surface area contributed by atoms with E-state index in [9.17, 15) is 4.79 Å². The van der Waals surface area contributed by atoms with E-state index in [0.29, 0.717) is 6.54 Å². The topological polar surface area (TPSA) is 42.0 Å². The quantitative estimate of drug-likeness (QED) is 0.734. The Hall–Kier alpha value is -1.000. The molecular weight excluding hydrogens is 378 g/mol. The summed E-state index contributed by atoms with van der Waals surface area (Å²) in [4.78, 5) is 16.3. The summed E-state index contributed by atoms with van der Waals surface area (Å²) in [5.41, 5.74) is 1.19. The molecule has 1 aliphatic rings. The second kappa shape index (κ2) is 6.48. The fraction of sp³-hybridized carbons (Fsp3) is 0.250. The molecule has 23 heavy (non-hydrogen) atoms. The minimum atomic E-state index is -0.419. The number of carbonyl (C=O) groups excluding carboxylic acids is 1. The fourth-order valence-corrected chi connectivity index (χ4v) is 3.30. The molecule has 1 amide bonds. The number of aromatic nitrogens is 1. The molecule has 0 unspecified atom stereocenters. The van der Waals surface area contributed by atoms with Gasteiger partial charge in [0.15, 0.2) is 0 Å². The van der Waals surface area contributed by atoms with Crippen LogP contribution in [0.4, 0.5) is 0 Å². The third kappa shape index (κ3) is 3.29. The summed E-state index contributed by atoms with van der Waals surface area (Å²) in [5, 5.41) is 2.90. The van der Waals surface area contributed by atoms with Crippen molar-refractivity contribution in [3.05, 3.63) is 61.8 Å². The van der Waals surface area contributed by atoms with Crippen molar-refractivity contribution in [2.24, 2.45) is 0 Å². The Morgan fingerprint density at radius 3 is 2.30 bits per heavy atom. The van der Waals surface area contributed by atoms with Gasteiger partial charge >= 0.3 is 0 Å². The lowest BCUT2D eigenvalue weighted by Crippen LogP contribution is -2.33. The van der Waals surface area contributed by atoms with Gasteiger partial charge in [-0.15, -0.1) is 0 Å². The Labute approximate surface area is 153 Å². The molecule has 7 heteroatoms. The van der Waals surface area contributed by atoms with Crippen molar-refractivity contribution in [2.45, 2.75) is 18.3 Å². The second-order valence-corrected chi connectivity index (χ2v) is 7.01. The summed E-state index contributed by atoms with van der Waals surface area (Å²) in [6.45, 7) is 0.506. The summed E-state index contributed by atoms with van der Waals surface area (Å²) >= 11 is 23.7. The van der Waals surface area contributed by atoms with Crippen LogP contribution in [0, 0.1) is 0 Å². The van der Waals surface area contributed by atoms with Crippen molar-refractivity contribution in [1.82, 2.24) is 10.3 Å². The highest BCUT2D eigenvalue weighted by molar-refractivity contribution is 6.52. The zero-order chi connectivity index (χ0) is 16.6. The van der Waals surface area contributed by atoms with Crippen LogP contribution in [0.1, 0.15) is 28.9 Å². The van der Waals surface area contributed by atoms with E-state index in [1.165, 1.54) is 5.56 Å². The summed E-state index contributed by atoms with van der Waals surface area (Å²) < 4.78 is 0. The van der Waals surface area contributed by atoms with Gasteiger partial charge in [0, 0.05) is 12.0 Å². The molecule has 1 fully saturated rings. The normalized spacial score (nSPS) is 15.3. The molecule has 1 heterocycles. The van der Waals surface area contributed by atoms with Crippen LogP contribution >= 0.6 is 46.4 Å². The number of halogens is 4. The molecule has 1 aromatic carbocycles. The minimum Gasteiger partial charge on any atom is -0.350 e. The molecular formula is C16H12Cl4N2O. The first-order chi connectivity index (χ1) is 10.9. The van der Waals surface area contributed by atoms with Crippen molar-refractivity contribution >= 4 is 52.3 Å². The Kier molecular flexibility index (Phi) is 4.75. The molecule has 1 N–H and O–H groups in total. The predicted molar refractivity (Wildman–Crippen MR) is 94.0 cm³/mol. The van der Waals surface area contributed by atoms with E-state index in [4.69, 9.17) is 46.4 Å². The van der Waals surface area contributed by atoms with Crippen molar-refractivity contribution in [1.29, 1.82) is 0 Å². The molecule has 1 aromatic heterocycles. The number of nitrogens with zero attached hydrogens (tertiary/aromatic N) is 1. The van der Waals surface area contributed by atoms with Crippen LogP contribution in [0.25, 0.3) is 0 Å². The van der Waals surface area contributed by atoms with Gasteiger partial charge in [0.1, 0.15) is 10.8 Å². The molecule has 1 saturated carbocycles. The van der Waals surface area contributed by atoms with E-state index in [1.54, 1.807) is 0 Å². The third-order valence-electron chi connectivity index (χ3n) is 4.03. The van der Waals surface area contributed by atoms with Gasteiger partial charge in [-0.1, -0.05) is 76.7 Å². The first kappa shape index (κ1) is 16.8. The molecule has 2 aromatic rings. The van der Waals surface area contributed by atoms with Gasteiger partial charge < -0.3 is 5.32 Å². The summed E-state index contributed by atoms with van der Waals surface area (Å²) in [7, 11) is 0. The summed E-state index contributed by atoms with van der Waals surface area (Å²) in [6, 6.07) is 10.1. The van der Waals surface area contributed by atoms with Crippen LogP contribution in [0.2, 0.25) is 20.2 Å². The Morgan fingerprint density at radius 2 is 1.70 bits per heavy atom. The lowest BCUT2D eigenvalue weighted by molar-refractivity contribution is 0.0945. The standard InChI is InChI=1S/C16H12Cl4N2O/c17-10-11(18)13(22-14(20)12(10)19)15(23)21-8-16(6-7-16)9-4-2-1-3-5-9/h1-5H,6-8H2,(H,21,23). The van der Waals surface area contributed by atoms with Crippen molar-refractivity contribution in [2.75, 3.05) is 6.54 Å². The highest BCUT2D eigenvalue weighted by Gasteiger charge is 2.44. The second-order valence-electron chi connectivity index (χ2n) is 5.52. The third-order valence-corrected chi connectivity index (χ3v) is 5.70. The number of amides is 1. The minimum absolute atomic E-state index is 0.00289.